The Kier molecular flexibility index (Phi) is 4.02. The molecule has 0 spiro atoms. The molecule has 1 N–H and O–H groups in total. The van der Waals surface area contributed by atoms with Crippen molar-refractivity contribution in [2.75, 3.05) is 33.2 Å². The molecule has 1 aliphatic heterocycles. The van der Waals surface area contributed by atoms with Gasteiger partial charge in [0, 0.05) is 19.6 Å². The molecule has 1 heterocycles. The molecule has 0 saturated carbocycles. The summed E-state index contributed by atoms with van der Waals surface area (Å²) in [6, 6.07) is 0. The van der Waals surface area contributed by atoms with Crippen LogP contribution in [0, 0.1) is 11.8 Å². The minimum Gasteiger partial charge on any atom is -0.319 e. The van der Waals surface area contributed by atoms with E-state index >= 15 is 0 Å². The fourth-order valence-electron chi connectivity index (χ4n) is 1.94. The van der Waals surface area contributed by atoms with Gasteiger partial charge in [0.05, 0.1) is 0 Å². The highest BCUT2D eigenvalue weighted by atomic mass is 15.2. The zero-order chi connectivity index (χ0) is 8.97. The smallest absolute Gasteiger partial charge is 0.00220 e. The van der Waals surface area contributed by atoms with Crippen LogP contribution in [-0.4, -0.2) is 38.1 Å². The van der Waals surface area contributed by atoms with Crippen molar-refractivity contribution in [3.8, 4) is 0 Å². The molecule has 0 bridgehead atoms. The van der Waals surface area contributed by atoms with Gasteiger partial charge < -0.3 is 10.2 Å². The molecule has 72 valence electrons. The zero-order valence-corrected chi connectivity index (χ0v) is 8.64. The number of hydrogen-bond acceptors (Lipinski definition) is 2. The van der Waals surface area contributed by atoms with Crippen LogP contribution in [0.15, 0.2) is 0 Å². The van der Waals surface area contributed by atoms with E-state index in [4.69, 9.17) is 0 Å². The average molecular weight is 170 g/mol. The lowest BCUT2D eigenvalue weighted by Crippen LogP contribution is -2.48. The van der Waals surface area contributed by atoms with Gasteiger partial charge in [0.15, 0.2) is 0 Å². The summed E-state index contributed by atoms with van der Waals surface area (Å²) in [7, 11) is 2.03. The Bertz CT molecular complexity index is 119. The second kappa shape index (κ2) is 4.83. The molecule has 0 aromatic heterocycles. The monoisotopic (exact) mass is 170 g/mol. The highest BCUT2D eigenvalue weighted by Gasteiger charge is 2.25. The summed E-state index contributed by atoms with van der Waals surface area (Å²) in [5.74, 6) is 1.79. The van der Waals surface area contributed by atoms with Gasteiger partial charge in [0.1, 0.15) is 0 Å². The van der Waals surface area contributed by atoms with Gasteiger partial charge in [-0.15, -0.1) is 0 Å². The fourth-order valence-corrected chi connectivity index (χ4v) is 1.94. The predicted molar refractivity (Wildman–Crippen MR) is 53.3 cm³/mol. The summed E-state index contributed by atoms with van der Waals surface area (Å²) in [4.78, 5) is 2.57. The Morgan fingerprint density at radius 3 is 2.67 bits per heavy atom. The molecule has 0 aromatic carbocycles. The molecule has 2 heteroatoms. The molecule has 0 amide bonds. The molecule has 1 rings (SSSR count). The summed E-state index contributed by atoms with van der Waals surface area (Å²) < 4.78 is 0. The molecule has 1 saturated heterocycles. The third-order valence-corrected chi connectivity index (χ3v) is 2.73. The summed E-state index contributed by atoms with van der Waals surface area (Å²) in [5, 5.41) is 3.22. The first-order valence-electron chi connectivity index (χ1n) is 5.13. The normalized spacial score (nSPS) is 22.2. The summed E-state index contributed by atoms with van der Waals surface area (Å²) >= 11 is 0. The van der Waals surface area contributed by atoms with Crippen LogP contribution in [0.1, 0.15) is 20.3 Å². The molecule has 0 aliphatic carbocycles. The topological polar surface area (TPSA) is 15.3 Å². The van der Waals surface area contributed by atoms with Crippen molar-refractivity contribution < 1.29 is 0 Å². The van der Waals surface area contributed by atoms with Crippen LogP contribution in [0.4, 0.5) is 0 Å². The van der Waals surface area contributed by atoms with Gasteiger partial charge in [-0.3, -0.25) is 0 Å². The maximum absolute atomic E-state index is 3.22. The van der Waals surface area contributed by atoms with E-state index in [9.17, 15) is 0 Å². The van der Waals surface area contributed by atoms with E-state index in [2.05, 4.69) is 24.1 Å². The van der Waals surface area contributed by atoms with Gasteiger partial charge >= 0.3 is 0 Å². The molecule has 1 fully saturated rings. The van der Waals surface area contributed by atoms with Crippen molar-refractivity contribution in [1.29, 1.82) is 0 Å². The van der Waals surface area contributed by atoms with Crippen molar-refractivity contribution >= 4 is 0 Å². The second-order valence-corrected chi connectivity index (χ2v) is 4.16. The van der Waals surface area contributed by atoms with E-state index in [1.54, 1.807) is 0 Å². The lowest BCUT2D eigenvalue weighted by Gasteiger charge is -2.40. The first-order chi connectivity index (χ1) is 5.76. The van der Waals surface area contributed by atoms with E-state index in [-0.39, 0.29) is 0 Å². The molecule has 1 atom stereocenters. The van der Waals surface area contributed by atoms with E-state index in [0.717, 1.165) is 18.4 Å². The van der Waals surface area contributed by atoms with Crippen molar-refractivity contribution in [3.05, 3.63) is 0 Å². The van der Waals surface area contributed by atoms with Gasteiger partial charge in [0.2, 0.25) is 0 Å². The van der Waals surface area contributed by atoms with E-state index < -0.39 is 0 Å². The largest absolute Gasteiger partial charge is 0.319 e. The van der Waals surface area contributed by atoms with Crippen molar-refractivity contribution in [2.45, 2.75) is 20.3 Å². The molecule has 1 aliphatic rings. The predicted octanol–water partition coefficient (Wildman–Crippen LogP) is 1.18. The first-order valence-corrected chi connectivity index (χ1v) is 5.13. The Labute approximate surface area is 76.3 Å². The number of rotatable bonds is 5. The molecule has 1 unspecified atom stereocenters. The van der Waals surface area contributed by atoms with Gasteiger partial charge in [-0.1, -0.05) is 20.3 Å². The Balaban J connectivity index is 2.02. The van der Waals surface area contributed by atoms with Crippen LogP contribution in [0.3, 0.4) is 0 Å². The zero-order valence-electron chi connectivity index (χ0n) is 8.64. The molecule has 12 heavy (non-hydrogen) atoms. The van der Waals surface area contributed by atoms with Gasteiger partial charge in [0.25, 0.3) is 0 Å². The maximum atomic E-state index is 3.22. The van der Waals surface area contributed by atoms with Crippen LogP contribution in [-0.2, 0) is 0 Å². The minimum atomic E-state index is 0.799. The standard InChI is InChI=1S/C10H22N2/c1-4-10-7-12(8-10)6-9(2)5-11-3/h9-11H,4-8H2,1-3H3. The molecule has 2 nitrogen and oxygen atoms in total. The number of hydrogen-bond donors (Lipinski definition) is 1. The van der Waals surface area contributed by atoms with E-state index in [0.29, 0.717) is 0 Å². The maximum Gasteiger partial charge on any atom is 0.00220 e. The first kappa shape index (κ1) is 10.0. The van der Waals surface area contributed by atoms with Crippen LogP contribution in [0.25, 0.3) is 0 Å². The number of nitrogens with zero attached hydrogens (tertiary/aromatic N) is 1. The van der Waals surface area contributed by atoms with Crippen molar-refractivity contribution in [2.24, 2.45) is 11.8 Å². The highest BCUT2D eigenvalue weighted by molar-refractivity contribution is 4.79. The van der Waals surface area contributed by atoms with Crippen LogP contribution >= 0.6 is 0 Å². The third kappa shape index (κ3) is 2.76. The summed E-state index contributed by atoms with van der Waals surface area (Å²) in [6.07, 6.45) is 1.36. The van der Waals surface area contributed by atoms with Crippen molar-refractivity contribution in [3.63, 3.8) is 0 Å². The average Bonchev–Trinajstić information content (AvgIpc) is 1.96. The Hall–Kier alpha value is -0.0800. The van der Waals surface area contributed by atoms with Gasteiger partial charge in [-0.05, 0) is 25.4 Å². The Morgan fingerprint density at radius 2 is 2.17 bits per heavy atom. The summed E-state index contributed by atoms with van der Waals surface area (Å²) in [6.45, 7) is 9.70. The van der Waals surface area contributed by atoms with Gasteiger partial charge in [-0.25, -0.2) is 0 Å². The number of likely N-dealkylation sites (tertiary alicyclic amines) is 1. The lowest BCUT2D eigenvalue weighted by atomic mass is 9.96. The molecular formula is C10H22N2. The third-order valence-electron chi connectivity index (χ3n) is 2.73. The SMILES string of the molecule is CCC1CN(CC(C)CNC)C1. The van der Waals surface area contributed by atoms with Gasteiger partial charge in [-0.2, -0.15) is 0 Å². The molecular weight excluding hydrogens is 148 g/mol. The fraction of sp³-hybridized carbons (Fsp3) is 1.00. The quantitative estimate of drug-likeness (QED) is 0.666. The van der Waals surface area contributed by atoms with E-state index in [1.165, 1.54) is 26.1 Å². The highest BCUT2D eigenvalue weighted by Crippen LogP contribution is 2.19. The van der Waals surface area contributed by atoms with Crippen LogP contribution in [0.2, 0.25) is 0 Å². The van der Waals surface area contributed by atoms with E-state index in [1.807, 2.05) is 7.05 Å². The minimum absolute atomic E-state index is 0.799. The lowest BCUT2D eigenvalue weighted by molar-refractivity contribution is 0.0822. The molecule has 0 aromatic rings. The summed E-state index contributed by atoms with van der Waals surface area (Å²) in [5.41, 5.74) is 0. The molecule has 0 radical (unpaired) electrons. The van der Waals surface area contributed by atoms with Crippen molar-refractivity contribution in [1.82, 2.24) is 10.2 Å². The van der Waals surface area contributed by atoms with Crippen LogP contribution in [0.5, 0.6) is 0 Å². The number of nitrogens with one attached hydrogen (secondary N) is 1. The van der Waals surface area contributed by atoms with Crippen LogP contribution < -0.4 is 5.32 Å². The Morgan fingerprint density at radius 1 is 1.50 bits per heavy atom. The second-order valence-electron chi connectivity index (χ2n) is 4.16.